The van der Waals surface area contributed by atoms with E-state index in [2.05, 4.69) is 20.3 Å². The number of hydrogen-bond acceptors (Lipinski definition) is 8. The number of nitrogens with zero attached hydrogens (tertiary/aromatic N) is 2. The standard InChI is InChI=1S/C36H42F3N5O8S/c1-20-28-23(24-16-21(36(37,38)39)10-11-25(24)40-20)12-13-34(52-28)18-27-29(45)42-35(31(47)43-53(50,51)33(2)14-15-33)17-22(35)8-6-4-3-5-7-9-26(41-32(48)49)30(46)44(27)19-34/h6,8,10-11,16,22,26-27,41H,3-5,7,9,12-15,17-19H2,1-2H3,(H,42,45)(H,43,47)(H,48,49)/t22-,26+,27+,34-,35-/m1/s1. The molecular formula is C36H42F3N5O8S. The van der Waals surface area contributed by atoms with Crippen LogP contribution in [0.15, 0.2) is 30.4 Å². The van der Waals surface area contributed by atoms with E-state index < -0.39 is 79.5 Å². The molecule has 2 saturated carbocycles. The topological polar surface area (TPSA) is 184 Å². The van der Waals surface area contributed by atoms with Crippen LogP contribution in [0.25, 0.3) is 10.9 Å². The molecule has 17 heteroatoms. The third-order valence-corrected chi connectivity index (χ3v) is 13.8. The van der Waals surface area contributed by atoms with Gasteiger partial charge in [-0.2, -0.15) is 13.2 Å². The number of sulfonamides is 1. The molecule has 4 N–H and O–H groups in total. The molecule has 0 radical (unpaired) electrons. The lowest BCUT2D eigenvalue weighted by atomic mass is 9.87. The average molecular weight is 762 g/mol. The molecule has 1 saturated heterocycles. The van der Waals surface area contributed by atoms with Crippen LogP contribution in [0, 0.1) is 12.8 Å². The van der Waals surface area contributed by atoms with Gasteiger partial charge in [0.25, 0.3) is 5.91 Å². The maximum absolute atomic E-state index is 14.4. The summed E-state index contributed by atoms with van der Waals surface area (Å²) in [5, 5.41) is 15.0. The molecule has 2 aromatic rings. The summed E-state index contributed by atoms with van der Waals surface area (Å²) in [6.45, 7) is 3.05. The van der Waals surface area contributed by atoms with E-state index in [1.807, 2.05) is 6.08 Å². The smallest absolute Gasteiger partial charge is 0.416 e. The zero-order valence-electron chi connectivity index (χ0n) is 29.3. The fourth-order valence-corrected chi connectivity index (χ4v) is 9.33. The second kappa shape index (κ2) is 12.9. The molecule has 3 aliphatic heterocycles. The molecule has 1 spiro atoms. The number of carbonyl (C=O) groups excluding carboxylic acids is 3. The number of allylic oxidation sites excluding steroid dienone is 1. The first kappa shape index (κ1) is 36.9. The Morgan fingerprint density at radius 1 is 1.11 bits per heavy atom. The number of halogens is 3. The van der Waals surface area contributed by atoms with E-state index in [9.17, 15) is 45.9 Å². The third-order valence-electron chi connectivity index (χ3n) is 11.6. The zero-order valence-corrected chi connectivity index (χ0v) is 30.2. The first-order valence-electron chi connectivity index (χ1n) is 17.9. The Bertz CT molecular complexity index is 2040. The van der Waals surface area contributed by atoms with Gasteiger partial charge in [-0.05, 0) is 83.4 Å². The molecule has 1 aromatic carbocycles. The molecule has 7 rings (SSSR count). The van der Waals surface area contributed by atoms with Crippen molar-refractivity contribution in [1.82, 2.24) is 25.2 Å². The molecule has 0 unspecified atom stereocenters. The number of aryl methyl sites for hydroxylation is 2. The fraction of sp³-hybridized carbons (Fsp3) is 0.583. The number of rotatable bonds is 4. The number of carboxylic acid groups (broad SMARTS) is 1. The molecule has 2 aliphatic carbocycles. The predicted octanol–water partition coefficient (Wildman–Crippen LogP) is 4.26. The minimum absolute atomic E-state index is 0.0849. The van der Waals surface area contributed by atoms with E-state index >= 15 is 0 Å². The second-order valence-corrected chi connectivity index (χ2v) is 17.6. The first-order chi connectivity index (χ1) is 24.9. The van der Waals surface area contributed by atoms with Crippen LogP contribution in [0.2, 0.25) is 0 Å². The molecule has 5 aliphatic rings. The fourth-order valence-electron chi connectivity index (χ4n) is 8.02. The number of aromatic nitrogens is 1. The van der Waals surface area contributed by atoms with E-state index in [4.69, 9.17) is 4.74 Å². The van der Waals surface area contributed by atoms with Crippen LogP contribution in [0.1, 0.15) is 88.0 Å². The van der Waals surface area contributed by atoms with E-state index in [0.29, 0.717) is 55.3 Å². The molecule has 4 heterocycles. The molecule has 53 heavy (non-hydrogen) atoms. The Kier molecular flexibility index (Phi) is 8.97. The van der Waals surface area contributed by atoms with Crippen LogP contribution < -0.4 is 20.1 Å². The van der Waals surface area contributed by atoms with Crippen molar-refractivity contribution in [2.75, 3.05) is 6.54 Å². The van der Waals surface area contributed by atoms with Crippen LogP contribution in [-0.4, -0.2) is 81.7 Å². The lowest BCUT2D eigenvalue weighted by Gasteiger charge is -2.36. The Hall–Kier alpha value is -4.41. The maximum atomic E-state index is 14.4. The number of amides is 4. The highest BCUT2D eigenvalue weighted by Crippen LogP contribution is 2.49. The summed E-state index contributed by atoms with van der Waals surface area (Å²) in [6.07, 6.45) is 1.61. The molecule has 1 aromatic heterocycles. The van der Waals surface area contributed by atoms with Crippen LogP contribution in [0.5, 0.6) is 5.75 Å². The van der Waals surface area contributed by atoms with E-state index in [0.717, 1.165) is 12.1 Å². The highest BCUT2D eigenvalue weighted by atomic mass is 32.2. The summed E-state index contributed by atoms with van der Waals surface area (Å²) in [5.41, 5.74) is -2.37. The van der Waals surface area contributed by atoms with Gasteiger partial charge >= 0.3 is 12.3 Å². The average Bonchev–Trinajstić information content (AvgIpc) is 3.97. The predicted molar refractivity (Wildman–Crippen MR) is 184 cm³/mol. The molecule has 5 atom stereocenters. The normalized spacial score (nSPS) is 29.8. The number of alkyl halides is 3. The minimum atomic E-state index is -4.58. The lowest BCUT2D eigenvalue weighted by molar-refractivity contribution is -0.141. The van der Waals surface area contributed by atoms with Gasteiger partial charge in [0.15, 0.2) is 0 Å². The van der Waals surface area contributed by atoms with Crippen molar-refractivity contribution in [3.63, 3.8) is 0 Å². The Morgan fingerprint density at radius 2 is 1.87 bits per heavy atom. The summed E-state index contributed by atoms with van der Waals surface area (Å²) >= 11 is 0. The monoisotopic (exact) mass is 761 g/mol. The van der Waals surface area contributed by atoms with Crippen LogP contribution in [0.3, 0.4) is 0 Å². The highest BCUT2D eigenvalue weighted by molar-refractivity contribution is 7.91. The van der Waals surface area contributed by atoms with Gasteiger partial charge < -0.3 is 25.4 Å². The molecule has 4 amide bonds. The summed E-state index contributed by atoms with van der Waals surface area (Å²) in [7, 11) is -4.05. The number of fused-ring (bicyclic) bond motifs is 5. The van der Waals surface area contributed by atoms with E-state index in [1.165, 1.54) is 11.0 Å². The molecule has 286 valence electrons. The molecule has 13 nitrogen and oxygen atoms in total. The van der Waals surface area contributed by atoms with Crippen molar-refractivity contribution < 1.29 is 50.6 Å². The quantitative estimate of drug-likeness (QED) is 0.331. The SMILES string of the molecule is Cc1nc2ccc(C(F)(F)F)cc2c2c1O[C@]1(CC2)C[C@H]2C(=O)N[C@]3(C(=O)NS(=O)(=O)C4(C)CC4)C[C@H]3C=CCCCCC[C@H](NC(=O)O)C(=O)N2C1. The Labute approximate surface area is 304 Å². The number of pyridine rings is 1. The molecule has 0 bridgehead atoms. The van der Waals surface area contributed by atoms with Crippen molar-refractivity contribution in [3.8, 4) is 5.75 Å². The van der Waals surface area contributed by atoms with Gasteiger partial charge in [-0.15, -0.1) is 0 Å². The summed E-state index contributed by atoms with van der Waals surface area (Å²) in [4.78, 5) is 60.1. The van der Waals surface area contributed by atoms with E-state index in [-0.39, 0.29) is 49.8 Å². The molecular weight excluding hydrogens is 719 g/mol. The Balaban J connectivity index is 1.24. The van der Waals surface area contributed by atoms with Crippen molar-refractivity contribution in [2.45, 2.75) is 119 Å². The van der Waals surface area contributed by atoms with Gasteiger partial charge in [-0.3, -0.25) is 19.1 Å². The van der Waals surface area contributed by atoms with Gasteiger partial charge in [-0.1, -0.05) is 25.0 Å². The van der Waals surface area contributed by atoms with Gasteiger partial charge in [0, 0.05) is 23.3 Å². The largest absolute Gasteiger partial charge is 0.483 e. The van der Waals surface area contributed by atoms with Gasteiger partial charge in [0.1, 0.15) is 29.0 Å². The van der Waals surface area contributed by atoms with Crippen LogP contribution in [-0.2, 0) is 37.0 Å². The van der Waals surface area contributed by atoms with Crippen molar-refractivity contribution in [2.24, 2.45) is 5.92 Å². The number of benzene rings is 1. The number of carbonyl (C=O) groups is 4. The lowest BCUT2D eigenvalue weighted by Crippen LogP contribution is -2.58. The van der Waals surface area contributed by atoms with Crippen molar-refractivity contribution >= 4 is 44.7 Å². The van der Waals surface area contributed by atoms with Crippen molar-refractivity contribution in [1.29, 1.82) is 0 Å². The van der Waals surface area contributed by atoms with Gasteiger partial charge in [0.2, 0.25) is 21.8 Å². The van der Waals surface area contributed by atoms with Gasteiger partial charge in [-0.25, -0.2) is 18.2 Å². The zero-order chi connectivity index (χ0) is 38.1. The summed E-state index contributed by atoms with van der Waals surface area (Å²) < 4.78 is 74.9. The number of ether oxygens (including phenoxy) is 1. The second-order valence-electron chi connectivity index (χ2n) is 15.4. The van der Waals surface area contributed by atoms with Crippen LogP contribution >= 0.6 is 0 Å². The van der Waals surface area contributed by atoms with Crippen LogP contribution in [0.4, 0.5) is 18.0 Å². The first-order valence-corrected chi connectivity index (χ1v) is 19.4. The summed E-state index contributed by atoms with van der Waals surface area (Å²) in [5.74, 6) is -2.53. The highest BCUT2D eigenvalue weighted by Gasteiger charge is 2.64. The van der Waals surface area contributed by atoms with Crippen molar-refractivity contribution in [3.05, 3.63) is 47.2 Å². The summed E-state index contributed by atoms with van der Waals surface area (Å²) in [6, 6.07) is 0.857. The number of hydrogen-bond donors (Lipinski definition) is 4. The third kappa shape index (κ3) is 6.80. The minimum Gasteiger partial charge on any atom is -0.483 e. The van der Waals surface area contributed by atoms with Gasteiger partial charge in [0.05, 0.1) is 28.1 Å². The molecule has 3 fully saturated rings. The maximum Gasteiger partial charge on any atom is 0.416 e. The Morgan fingerprint density at radius 3 is 2.57 bits per heavy atom. The number of nitrogens with one attached hydrogen (secondary N) is 3. The van der Waals surface area contributed by atoms with E-state index in [1.54, 1.807) is 19.9 Å².